The van der Waals surface area contributed by atoms with Crippen molar-refractivity contribution < 1.29 is 14.9 Å². The number of fused-ring (bicyclic) bond motifs is 5. The van der Waals surface area contributed by atoms with Gasteiger partial charge in [-0.3, -0.25) is 5.01 Å². The van der Waals surface area contributed by atoms with Crippen LogP contribution < -0.4 is 0 Å². The predicted octanol–water partition coefficient (Wildman–Crippen LogP) is 6.04. The molecule has 5 heteroatoms. The van der Waals surface area contributed by atoms with Crippen molar-refractivity contribution in [2.45, 2.75) is 123 Å². The third kappa shape index (κ3) is 3.88. The number of nitrogens with zero attached hydrogens (tertiary/aromatic N) is 2. The molecule has 204 valence electrons. The highest BCUT2D eigenvalue weighted by Crippen LogP contribution is 2.69. The van der Waals surface area contributed by atoms with Gasteiger partial charge in [-0.2, -0.15) is 0 Å². The molecule has 5 fully saturated rings. The van der Waals surface area contributed by atoms with Crippen LogP contribution in [0.3, 0.4) is 0 Å². The Kier molecular flexibility index (Phi) is 6.47. The predicted molar refractivity (Wildman–Crippen MR) is 143 cm³/mol. The van der Waals surface area contributed by atoms with Crippen LogP contribution in [-0.2, 0) is 4.74 Å². The Morgan fingerprint density at radius 1 is 1.00 bits per heavy atom. The lowest BCUT2D eigenvalue weighted by Gasteiger charge is -2.64. The van der Waals surface area contributed by atoms with Crippen molar-refractivity contribution in [1.82, 2.24) is 5.01 Å². The van der Waals surface area contributed by atoms with E-state index < -0.39 is 0 Å². The maximum Gasteiger partial charge on any atom is 0.211 e. The molecule has 0 aromatic heterocycles. The van der Waals surface area contributed by atoms with E-state index in [1.54, 1.807) is 0 Å². The zero-order chi connectivity index (χ0) is 25.4. The summed E-state index contributed by atoms with van der Waals surface area (Å²) in [5.41, 5.74) is 0.633. The van der Waals surface area contributed by atoms with Crippen molar-refractivity contribution >= 4 is 5.90 Å². The molecule has 0 saturated heterocycles. The van der Waals surface area contributed by atoms with E-state index in [1.165, 1.54) is 44.9 Å². The van der Waals surface area contributed by atoms with Crippen molar-refractivity contribution in [3.05, 3.63) is 0 Å². The summed E-state index contributed by atoms with van der Waals surface area (Å²) in [6.45, 7) is 9.91. The number of aliphatic hydroxyl groups is 2. The number of hydrogen-bond acceptors (Lipinski definition) is 5. The van der Waals surface area contributed by atoms with Crippen LogP contribution in [0.1, 0.15) is 105 Å². The third-order valence-electron chi connectivity index (χ3n) is 12.9. The van der Waals surface area contributed by atoms with Gasteiger partial charge in [-0.25, -0.2) is 0 Å². The van der Waals surface area contributed by atoms with E-state index in [1.807, 2.05) is 0 Å². The van der Waals surface area contributed by atoms with E-state index in [2.05, 4.69) is 44.9 Å². The first-order valence-corrected chi connectivity index (χ1v) is 15.5. The van der Waals surface area contributed by atoms with Gasteiger partial charge < -0.3 is 14.9 Å². The first-order chi connectivity index (χ1) is 17.2. The molecular formula is C31H52N2O3. The maximum absolute atomic E-state index is 11.9. The molecule has 0 bridgehead atoms. The highest BCUT2D eigenvalue weighted by molar-refractivity contribution is 5.81. The minimum Gasteiger partial charge on any atom is -0.454 e. The maximum atomic E-state index is 11.9. The summed E-state index contributed by atoms with van der Waals surface area (Å²) in [5.74, 6) is 5.53. The second kappa shape index (κ2) is 9.14. The van der Waals surface area contributed by atoms with Gasteiger partial charge in [0.1, 0.15) is 0 Å². The number of ether oxygens (including phenoxy) is 1. The second-order valence-electron chi connectivity index (χ2n) is 14.5. The minimum atomic E-state index is -0.194. The average Bonchev–Trinajstić information content (AvgIpc) is 3.54. The average molecular weight is 501 g/mol. The summed E-state index contributed by atoms with van der Waals surface area (Å²) < 4.78 is 6.25. The van der Waals surface area contributed by atoms with Crippen LogP contribution in [0, 0.1) is 58.2 Å². The number of rotatable bonds is 6. The number of aliphatic hydroxyl groups excluding tert-OH is 2. The lowest BCUT2D eigenvalue weighted by atomic mass is 9.41. The van der Waals surface area contributed by atoms with Gasteiger partial charge >= 0.3 is 0 Å². The van der Waals surface area contributed by atoms with E-state index in [9.17, 15) is 10.2 Å². The SMILES string of the molecule is CC[C@@H]1C2C[C@H](O)CCC2(C)[C@H]2CCC3(C)C([C@H](C)CCC4OC(C5CC5)=NN4C)CC[C@H]3C2[C@@H]1O. The van der Waals surface area contributed by atoms with E-state index in [0.29, 0.717) is 52.3 Å². The summed E-state index contributed by atoms with van der Waals surface area (Å²) in [6.07, 6.45) is 13.7. The van der Waals surface area contributed by atoms with Gasteiger partial charge in [0.2, 0.25) is 5.90 Å². The fourth-order valence-corrected chi connectivity index (χ4v) is 10.8. The van der Waals surface area contributed by atoms with Crippen LogP contribution in [0.2, 0.25) is 0 Å². The zero-order valence-corrected chi connectivity index (χ0v) is 23.5. The fourth-order valence-electron chi connectivity index (χ4n) is 10.8. The molecule has 36 heavy (non-hydrogen) atoms. The van der Waals surface area contributed by atoms with E-state index in [-0.39, 0.29) is 18.4 Å². The highest BCUT2D eigenvalue weighted by atomic mass is 16.5. The molecule has 6 rings (SSSR count). The normalized spacial score (nSPS) is 51.1. The topological polar surface area (TPSA) is 65.3 Å². The Morgan fingerprint density at radius 3 is 2.44 bits per heavy atom. The summed E-state index contributed by atoms with van der Waals surface area (Å²) >= 11 is 0. The Labute approximate surface area is 219 Å². The standard InChI is InChI=1S/C31H52N2O3/c1-6-21-25-17-20(34)13-15-31(25,4)24-14-16-30(3)22(10-11-23(30)27(24)28(21)35)18(2)7-12-26-33(5)32-29(36-26)19-8-9-19/h18-28,34-35H,6-17H2,1-5H3/t18-,20-,21-,22?,23+,24+,25?,26?,27?,28-,30?,31?/m1/s1. The highest BCUT2D eigenvalue weighted by Gasteiger charge is 2.64. The van der Waals surface area contributed by atoms with E-state index in [4.69, 9.17) is 4.74 Å². The van der Waals surface area contributed by atoms with Crippen molar-refractivity contribution in [3.63, 3.8) is 0 Å². The molecule has 1 aliphatic heterocycles. The molecule has 1 heterocycles. The van der Waals surface area contributed by atoms with Gasteiger partial charge in [-0.1, -0.05) is 34.1 Å². The van der Waals surface area contributed by atoms with Gasteiger partial charge in [0.25, 0.3) is 0 Å². The van der Waals surface area contributed by atoms with Gasteiger partial charge in [0, 0.05) is 19.4 Å². The third-order valence-corrected chi connectivity index (χ3v) is 12.9. The lowest BCUT2D eigenvalue weighted by Crippen LogP contribution is -2.62. The Bertz CT molecular complexity index is 859. The summed E-state index contributed by atoms with van der Waals surface area (Å²) in [6, 6.07) is 0. The molecule has 0 amide bonds. The molecule has 0 aromatic rings. The van der Waals surface area contributed by atoms with Crippen molar-refractivity contribution in [2.24, 2.45) is 63.3 Å². The molecule has 2 N–H and O–H groups in total. The summed E-state index contributed by atoms with van der Waals surface area (Å²) in [5, 5.41) is 29.2. The molecule has 12 atom stereocenters. The van der Waals surface area contributed by atoms with Crippen LogP contribution in [0.4, 0.5) is 0 Å². The van der Waals surface area contributed by atoms with E-state index in [0.717, 1.165) is 43.9 Å². The smallest absolute Gasteiger partial charge is 0.211 e. The van der Waals surface area contributed by atoms with Crippen molar-refractivity contribution in [3.8, 4) is 0 Å². The van der Waals surface area contributed by atoms with Crippen molar-refractivity contribution in [2.75, 3.05) is 7.05 Å². The summed E-state index contributed by atoms with van der Waals surface area (Å²) in [4.78, 5) is 0. The van der Waals surface area contributed by atoms with E-state index >= 15 is 0 Å². The molecule has 6 unspecified atom stereocenters. The fraction of sp³-hybridized carbons (Fsp3) is 0.968. The Balaban J connectivity index is 1.16. The first-order valence-electron chi connectivity index (χ1n) is 15.5. The van der Waals surface area contributed by atoms with Gasteiger partial charge in [0.05, 0.1) is 12.2 Å². The molecule has 0 spiro atoms. The monoisotopic (exact) mass is 500 g/mol. The van der Waals surface area contributed by atoms with Gasteiger partial charge in [-0.15, -0.1) is 5.10 Å². The van der Waals surface area contributed by atoms with Crippen LogP contribution in [0.25, 0.3) is 0 Å². The van der Waals surface area contributed by atoms with Gasteiger partial charge in [0.15, 0.2) is 6.23 Å². The van der Waals surface area contributed by atoms with Crippen LogP contribution in [-0.4, -0.2) is 46.6 Å². The van der Waals surface area contributed by atoms with Gasteiger partial charge in [-0.05, 0) is 116 Å². The van der Waals surface area contributed by atoms with Crippen LogP contribution in [0.15, 0.2) is 5.10 Å². The molecule has 0 aromatic carbocycles. The molecule has 5 nitrogen and oxygen atoms in total. The molecule has 6 aliphatic rings. The molecule has 5 saturated carbocycles. The van der Waals surface area contributed by atoms with Crippen LogP contribution >= 0.6 is 0 Å². The largest absolute Gasteiger partial charge is 0.454 e. The quantitative estimate of drug-likeness (QED) is 0.467. The zero-order valence-electron chi connectivity index (χ0n) is 23.5. The minimum absolute atomic E-state index is 0.118. The molecule has 0 radical (unpaired) electrons. The summed E-state index contributed by atoms with van der Waals surface area (Å²) in [7, 11) is 2.08. The van der Waals surface area contributed by atoms with Crippen molar-refractivity contribution in [1.29, 1.82) is 0 Å². The molecule has 5 aliphatic carbocycles. The molecular weight excluding hydrogens is 448 g/mol. The Hall–Kier alpha value is -0.810. The number of hydrazone groups is 1. The second-order valence-corrected chi connectivity index (χ2v) is 14.5. The lowest BCUT2D eigenvalue weighted by molar-refractivity contribution is -0.203. The first kappa shape index (κ1) is 25.5. The van der Waals surface area contributed by atoms with Crippen LogP contribution in [0.5, 0.6) is 0 Å². The Morgan fingerprint density at radius 2 is 1.72 bits per heavy atom. The number of hydrogen-bond donors (Lipinski definition) is 2.